The average Bonchev–Trinajstić information content (AvgIpc) is 2.18. The van der Waals surface area contributed by atoms with E-state index in [-0.39, 0.29) is 70.8 Å². The van der Waals surface area contributed by atoms with Crippen molar-refractivity contribution in [3.63, 3.8) is 0 Å². The molecular weight excluding hydrogens is 222 g/mol. The molecule has 0 amide bonds. The smallest absolute Gasteiger partial charge is 0.482 e. The molecule has 0 radical (unpaired) electrons. The minimum Gasteiger partial charge on any atom is -0.482 e. The molecule has 0 aliphatic rings. The van der Waals surface area contributed by atoms with Gasteiger partial charge in [-0.05, 0) is 11.4 Å². The van der Waals surface area contributed by atoms with Gasteiger partial charge < -0.3 is 21.4 Å². The Morgan fingerprint density at radius 1 is 0.688 bits per heavy atom. The van der Waals surface area contributed by atoms with Crippen LogP contribution in [0.15, 0.2) is 36.4 Å². The molecule has 0 aromatic carbocycles. The Labute approximate surface area is 138 Å². The van der Waals surface area contributed by atoms with Crippen LogP contribution in [0.3, 0.4) is 0 Å². The molecule has 2 aromatic heterocycles. The Morgan fingerprint density at radius 2 is 1.06 bits per heavy atom. The largest absolute Gasteiger partial charge is 1.00 e. The second-order valence-electron chi connectivity index (χ2n) is 2.82. The van der Waals surface area contributed by atoms with E-state index in [1.54, 1.807) is 36.4 Å². The van der Waals surface area contributed by atoms with Crippen molar-refractivity contribution < 1.29 is 59.1 Å². The molecule has 2 N–H and O–H groups in total. The number of pyridine rings is 2. The van der Waals surface area contributed by atoms with Gasteiger partial charge in [-0.15, -0.1) is 0 Å². The van der Waals surface area contributed by atoms with Crippen LogP contribution in [0.2, 0.25) is 0 Å². The minimum atomic E-state index is 0. The summed E-state index contributed by atoms with van der Waals surface area (Å²) >= 11 is 0. The molecule has 0 unspecified atom stereocenters. The maximum atomic E-state index is 7.35. The molecule has 0 atom stereocenters. The molecule has 2 aromatic rings. The van der Waals surface area contributed by atoms with Crippen LogP contribution in [-0.2, 0) is 0 Å². The molecule has 2 rings (SSSR count). The Morgan fingerprint density at radius 3 is 1.38 bits per heavy atom. The van der Waals surface area contributed by atoms with Gasteiger partial charge in [0.2, 0.25) is 0 Å². The van der Waals surface area contributed by atoms with Gasteiger partial charge in [0, 0.05) is 0 Å². The average molecular weight is 230 g/mol. The summed E-state index contributed by atoms with van der Waals surface area (Å²) in [6.45, 7) is 0. The van der Waals surface area contributed by atoms with E-state index in [1.807, 2.05) is 0 Å². The maximum Gasteiger partial charge on any atom is 1.00 e. The molecule has 0 bridgehead atoms. The van der Waals surface area contributed by atoms with E-state index in [4.69, 9.17) is 11.5 Å². The first kappa shape index (κ1) is 15.9. The number of hydrogen-bond acceptors (Lipinski definition) is 2. The molecule has 6 heteroatoms. The molecule has 16 heavy (non-hydrogen) atoms. The van der Waals surface area contributed by atoms with Crippen molar-refractivity contribution in [2.45, 2.75) is 0 Å². The van der Waals surface area contributed by atoms with Crippen molar-refractivity contribution in [3.8, 4) is 11.4 Å². The summed E-state index contributed by atoms with van der Waals surface area (Å²) in [5, 5.41) is 0. The Kier molecular flexibility index (Phi) is 7.22. The minimum absolute atomic E-state index is 0. The number of nitrogens with zero attached hydrogens (tertiary/aromatic N) is 2. The van der Waals surface area contributed by atoms with Gasteiger partial charge in [-0.1, -0.05) is 48.0 Å². The first-order chi connectivity index (χ1) is 6.75. The molecule has 0 saturated carbocycles. The van der Waals surface area contributed by atoms with Crippen molar-refractivity contribution in [1.29, 1.82) is 0 Å². The van der Waals surface area contributed by atoms with E-state index < -0.39 is 0 Å². The first-order valence-electron chi connectivity index (χ1n) is 4.13. The van der Waals surface area contributed by atoms with Gasteiger partial charge in [-0.2, -0.15) is 0 Å². The summed E-state index contributed by atoms with van der Waals surface area (Å²) in [5.74, 6) is 0.416. The van der Waals surface area contributed by atoms with E-state index >= 15 is 0 Å². The third-order valence-electron chi connectivity index (χ3n) is 1.76. The number of aromatic nitrogens is 2. The van der Waals surface area contributed by atoms with Gasteiger partial charge >= 0.3 is 59.1 Å². The van der Waals surface area contributed by atoms with Crippen molar-refractivity contribution >= 4 is 11.6 Å². The number of nitrogens with one attached hydrogen (secondary N) is 2. The quantitative estimate of drug-likeness (QED) is 0.509. The van der Waals surface area contributed by atoms with Gasteiger partial charge in [0.1, 0.15) is 0 Å². The zero-order valence-corrected chi connectivity index (χ0v) is 13.4. The van der Waals surface area contributed by atoms with E-state index in [1.165, 1.54) is 0 Å². The Hall–Kier alpha value is -0.100. The van der Waals surface area contributed by atoms with Crippen LogP contribution in [-0.4, -0.2) is 9.97 Å². The topological polar surface area (TPSA) is 73.4 Å². The van der Waals surface area contributed by atoms with Crippen molar-refractivity contribution in [3.05, 3.63) is 47.9 Å². The van der Waals surface area contributed by atoms with Crippen LogP contribution in [0.25, 0.3) is 22.9 Å². The van der Waals surface area contributed by atoms with Gasteiger partial charge in [0.05, 0.1) is 0 Å². The van der Waals surface area contributed by atoms with Crippen molar-refractivity contribution in [1.82, 2.24) is 9.97 Å². The summed E-state index contributed by atoms with van der Waals surface area (Å²) in [6.07, 6.45) is 0. The molecule has 2 heterocycles. The molecule has 4 nitrogen and oxygen atoms in total. The summed E-state index contributed by atoms with van der Waals surface area (Å²) in [7, 11) is 0. The zero-order valence-electron chi connectivity index (χ0n) is 9.36. The van der Waals surface area contributed by atoms with Crippen LogP contribution in [0, 0.1) is 0 Å². The van der Waals surface area contributed by atoms with E-state index in [0.717, 1.165) is 0 Å². The van der Waals surface area contributed by atoms with Crippen LogP contribution < -0.4 is 59.1 Å². The fourth-order valence-corrected chi connectivity index (χ4v) is 1.15. The van der Waals surface area contributed by atoms with E-state index in [0.29, 0.717) is 11.4 Å². The fraction of sp³-hybridized carbons (Fsp3) is 0. The predicted octanol–water partition coefficient (Wildman–Crippen LogP) is -2.48. The first-order valence-corrected chi connectivity index (χ1v) is 4.13. The number of hydrogen-bond donors (Lipinski definition) is 0. The Balaban J connectivity index is 0.00000112. The zero-order chi connectivity index (χ0) is 9.97. The van der Waals surface area contributed by atoms with Gasteiger partial charge in [0.25, 0.3) is 0 Å². The predicted molar refractivity (Wildman–Crippen MR) is 55.4 cm³/mol. The molecule has 70 valence electrons. The van der Waals surface area contributed by atoms with Crippen molar-refractivity contribution in [2.75, 3.05) is 0 Å². The third-order valence-corrected chi connectivity index (χ3v) is 1.76. The molecule has 0 fully saturated rings. The summed E-state index contributed by atoms with van der Waals surface area (Å²) in [6, 6.07) is 10.3. The van der Waals surface area contributed by atoms with Crippen LogP contribution in [0.5, 0.6) is 0 Å². The molecule has 0 spiro atoms. The molecular formula is C10H8N4Na2. The molecule has 0 aliphatic heterocycles. The second kappa shape index (κ2) is 7.27. The SMILES string of the molecule is [NH-]c1cccc(-c2cccc([NH-])n2)n1.[Na+].[Na+]. The molecule has 0 saturated heterocycles. The van der Waals surface area contributed by atoms with E-state index in [2.05, 4.69) is 9.97 Å². The molecule has 0 aliphatic carbocycles. The monoisotopic (exact) mass is 230 g/mol. The maximum absolute atomic E-state index is 7.35. The van der Waals surface area contributed by atoms with Crippen LogP contribution in [0.1, 0.15) is 0 Å². The normalized spacial score (nSPS) is 8.75. The van der Waals surface area contributed by atoms with Gasteiger partial charge in [-0.3, -0.25) is 0 Å². The fourth-order valence-electron chi connectivity index (χ4n) is 1.15. The summed E-state index contributed by atoms with van der Waals surface area (Å²) < 4.78 is 0. The summed E-state index contributed by atoms with van der Waals surface area (Å²) in [5.41, 5.74) is 16.0. The van der Waals surface area contributed by atoms with Gasteiger partial charge in [0.15, 0.2) is 0 Å². The van der Waals surface area contributed by atoms with E-state index in [9.17, 15) is 0 Å². The van der Waals surface area contributed by atoms with Crippen LogP contribution >= 0.6 is 0 Å². The van der Waals surface area contributed by atoms with Crippen molar-refractivity contribution in [2.24, 2.45) is 0 Å². The van der Waals surface area contributed by atoms with Gasteiger partial charge in [-0.25, -0.2) is 0 Å². The summed E-state index contributed by atoms with van der Waals surface area (Å²) in [4.78, 5) is 8.01. The standard InChI is InChI=1S/C10H8N4.2Na/c11-9-5-1-3-7(13-9)8-4-2-6-10(12)14-8;;/h1-6H,(H2-2,11,12,13,14);;/q-2;2*+1. The third kappa shape index (κ3) is 4.05. The van der Waals surface area contributed by atoms with Crippen LogP contribution in [0.4, 0.5) is 11.6 Å². The second-order valence-corrected chi connectivity index (χ2v) is 2.82. The number of rotatable bonds is 1. The Bertz CT molecular complexity index is 419.